The van der Waals surface area contributed by atoms with Gasteiger partial charge in [-0.15, -0.1) is 11.3 Å². The summed E-state index contributed by atoms with van der Waals surface area (Å²) in [7, 11) is 0. The fourth-order valence-corrected chi connectivity index (χ4v) is 6.90. The lowest BCUT2D eigenvalue weighted by molar-refractivity contribution is -0.0135. The minimum atomic E-state index is -0.604. The van der Waals surface area contributed by atoms with Crippen LogP contribution >= 0.6 is 11.3 Å². The quantitative estimate of drug-likeness (QED) is 0.384. The van der Waals surface area contributed by atoms with Crippen LogP contribution in [0.15, 0.2) is 41.4 Å². The number of fused-ring (bicyclic) bond motifs is 1. The summed E-state index contributed by atoms with van der Waals surface area (Å²) in [6.07, 6.45) is 5.66. The first-order valence-electron chi connectivity index (χ1n) is 14.0. The molecule has 5 rings (SSSR count). The van der Waals surface area contributed by atoms with Gasteiger partial charge in [0.25, 0.3) is 0 Å². The minimum Gasteiger partial charge on any atom is -0.398 e. The van der Waals surface area contributed by atoms with Crippen LogP contribution in [0.25, 0.3) is 15.9 Å². The Bertz CT molecular complexity index is 1360. The molecule has 2 aromatic heterocycles. The number of aryl methyl sites for hydroxylation is 2. The number of nitrogens with two attached hydrogens (primary N) is 1. The van der Waals surface area contributed by atoms with E-state index >= 15 is 0 Å². The van der Waals surface area contributed by atoms with Gasteiger partial charge >= 0.3 is 0 Å². The van der Waals surface area contributed by atoms with E-state index in [1.807, 2.05) is 43.4 Å². The van der Waals surface area contributed by atoms with Crippen molar-refractivity contribution in [1.82, 2.24) is 9.88 Å². The Kier molecular flexibility index (Phi) is 8.38. The van der Waals surface area contributed by atoms with Gasteiger partial charge in [0, 0.05) is 42.5 Å². The molecule has 0 unspecified atom stereocenters. The Hall–Kier alpha value is -2.78. The predicted molar refractivity (Wildman–Crippen MR) is 163 cm³/mol. The number of hydrogen-bond acceptors (Lipinski definition) is 8. The molecule has 0 bridgehead atoms. The van der Waals surface area contributed by atoms with Crippen LogP contribution in [-0.2, 0) is 11.3 Å². The Morgan fingerprint density at radius 3 is 2.62 bits per heavy atom. The molecule has 4 heterocycles. The highest BCUT2D eigenvalue weighted by Crippen LogP contribution is 2.40. The van der Waals surface area contributed by atoms with Gasteiger partial charge in [0.2, 0.25) is 0 Å². The van der Waals surface area contributed by atoms with E-state index < -0.39 is 5.60 Å². The fraction of sp³-hybridized carbons (Fsp3) is 0.484. The van der Waals surface area contributed by atoms with Crippen molar-refractivity contribution < 1.29 is 9.84 Å². The van der Waals surface area contributed by atoms with Gasteiger partial charge < -0.3 is 20.5 Å². The highest BCUT2D eigenvalue weighted by Gasteiger charge is 2.31. The topological polar surface area (TPSA) is 87.2 Å². The molecule has 0 saturated carbocycles. The molecule has 3 aromatic rings. The monoisotopic (exact) mass is 547 g/mol. The second kappa shape index (κ2) is 11.8. The first-order valence-corrected chi connectivity index (χ1v) is 14.8. The summed E-state index contributed by atoms with van der Waals surface area (Å²) >= 11 is 1.86. The lowest BCUT2D eigenvalue weighted by Crippen LogP contribution is -2.41. The van der Waals surface area contributed by atoms with Gasteiger partial charge in [-0.1, -0.05) is 23.8 Å². The second-order valence-electron chi connectivity index (χ2n) is 11.4. The second-order valence-corrected chi connectivity index (χ2v) is 12.5. The molecule has 0 radical (unpaired) electrons. The Labute approximate surface area is 236 Å². The largest absolute Gasteiger partial charge is 0.398 e. The summed E-state index contributed by atoms with van der Waals surface area (Å²) in [6.45, 7) is 14.2. The lowest BCUT2D eigenvalue weighted by Gasteiger charge is -2.37. The summed E-state index contributed by atoms with van der Waals surface area (Å²) in [4.78, 5) is 16.0. The van der Waals surface area contributed by atoms with E-state index in [4.69, 9.17) is 20.4 Å². The molecule has 2 aliphatic rings. The summed E-state index contributed by atoms with van der Waals surface area (Å²) < 4.78 is 6.86. The fourth-order valence-electron chi connectivity index (χ4n) is 5.56. The number of piperidine rings is 1. The van der Waals surface area contributed by atoms with Gasteiger partial charge in [0.1, 0.15) is 0 Å². The van der Waals surface area contributed by atoms with E-state index in [-0.39, 0.29) is 0 Å². The molecule has 3 N–H and O–H groups in total. The minimum absolute atomic E-state index is 0.362. The molecular weight excluding hydrogens is 506 g/mol. The van der Waals surface area contributed by atoms with Gasteiger partial charge in [-0.2, -0.15) is 0 Å². The van der Waals surface area contributed by atoms with Gasteiger partial charge in [0.15, 0.2) is 5.82 Å². The molecule has 0 aliphatic carbocycles. The van der Waals surface area contributed by atoms with Crippen molar-refractivity contribution in [2.45, 2.75) is 52.7 Å². The number of pyridine rings is 1. The van der Waals surface area contributed by atoms with E-state index in [9.17, 15) is 5.11 Å². The van der Waals surface area contributed by atoms with Crippen molar-refractivity contribution in [2.24, 2.45) is 16.6 Å². The maximum atomic E-state index is 10.4. The molecule has 0 atom stereocenters. The highest BCUT2D eigenvalue weighted by molar-refractivity contribution is 7.19. The van der Waals surface area contributed by atoms with Crippen LogP contribution in [-0.4, -0.2) is 66.2 Å². The molecule has 208 valence electrons. The number of likely N-dealkylation sites (tertiary alicyclic amines) is 1. The van der Waals surface area contributed by atoms with Crippen LogP contribution in [0.5, 0.6) is 0 Å². The lowest BCUT2D eigenvalue weighted by atomic mass is 9.83. The molecule has 0 spiro atoms. The van der Waals surface area contributed by atoms with Crippen LogP contribution in [0.2, 0.25) is 0 Å². The Balaban J connectivity index is 1.42. The summed E-state index contributed by atoms with van der Waals surface area (Å²) in [5.41, 5.74) is 12.0. The average molecular weight is 548 g/mol. The van der Waals surface area contributed by atoms with Crippen LogP contribution in [0.1, 0.15) is 48.3 Å². The third-order valence-electron chi connectivity index (χ3n) is 8.06. The summed E-state index contributed by atoms with van der Waals surface area (Å²) in [5.74, 6) is 1.05. The number of aliphatic hydroxyl groups is 1. The van der Waals surface area contributed by atoms with Crippen LogP contribution < -0.4 is 10.6 Å². The molecule has 39 heavy (non-hydrogen) atoms. The maximum absolute atomic E-state index is 10.4. The number of ether oxygens (including phenoxy) is 1. The summed E-state index contributed by atoms with van der Waals surface area (Å²) in [6, 6.07) is 10.3. The van der Waals surface area contributed by atoms with Crippen molar-refractivity contribution in [3.05, 3.63) is 58.0 Å². The average Bonchev–Trinajstić information content (AvgIpc) is 3.23. The van der Waals surface area contributed by atoms with Crippen molar-refractivity contribution >= 4 is 45.0 Å². The van der Waals surface area contributed by atoms with Crippen LogP contribution in [0.3, 0.4) is 0 Å². The molecule has 1 aromatic carbocycles. The first kappa shape index (κ1) is 27.8. The van der Waals surface area contributed by atoms with Crippen molar-refractivity contribution in [1.29, 1.82) is 0 Å². The van der Waals surface area contributed by atoms with E-state index in [1.54, 1.807) is 6.21 Å². The molecule has 2 fully saturated rings. The summed E-state index contributed by atoms with van der Waals surface area (Å²) in [5, 5.41) is 10.4. The number of morpholine rings is 1. The molecule has 2 aliphatic heterocycles. The van der Waals surface area contributed by atoms with Crippen molar-refractivity contribution in [3.8, 4) is 0 Å². The third-order valence-corrected chi connectivity index (χ3v) is 9.34. The SMILES string of the molecule is Cc1cccc(/C(N)=C/C=Nc2cc(N3CCOCC3)c3sc(CN4CCC(C(C)(C)O)CC4)c(C)c3n2)c1. The number of aliphatic imine (C=N–C) groups is 1. The van der Waals surface area contributed by atoms with Gasteiger partial charge in [-0.25, -0.2) is 9.98 Å². The van der Waals surface area contributed by atoms with Crippen molar-refractivity contribution in [2.75, 3.05) is 44.3 Å². The predicted octanol–water partition coefficient (Wildman–Crippen LogP) is 5.43. The van der Waals surface area contributed by atoms with Crippen LogP contribution in [0, 0.1) is 19.8 Å². The number of benzene rings is 1. The molecule has 8 heteroatoms. The van der Waals surface area contributed by atoms with Gasteiger partial charge in [-0.3, -0.25) is 4.90 Å². The smallest absolute Gasteiger partial charge is 0.154 e. The first-order chi connectivity index (χ1) is 18.7. The standard InChI is InChI=1S/C31H41N5O2S/c1-21-6-5-7-23(18-21)25(32)8-11-33-28-19-26(36-14-16-38-17-15-36)30-29(34-28)22(2)27(39-30)20-35-12-9-24(10-13-35)31(3,4)37/h5-8,11,18-19,24,37H,9-10,12-17,20,32H2,1-4H3/b25-8-,33-11?. The van der Waals surface area contributed by atoms with Crippen molar-refractivity contribution in [3.63, 3.8) is 0 Å². The van der Waals surface area contributed by atoms with E-state index in [2.05, 4.69) is 41.8 Å². The Morgan fingerprint density at radius 1 is 1.18 bits per heavy atom. The van der Waals surface area contributed by atoms with Gasteiger partial charge in [-0.05, 0) is 82.8 Å². The van der Waals surface area contributed by atoms with E-state index in [0.717, 1.165) is 69.9 Å². The third kappa shape index (κ3) is 6.52. The van der Waals surface area contributed by atoms with Gasteiger partial charge in [0.05, 0.1) is 34.7 Å². The van der Waals surface area contributed by atoms with Crippen LogP contribution in [0.4, 0.5) is 11.5 Å². The number of thiophene rings is 1. The maximum Gasteiger partial charge on any atom is 0.154 e. The number of hydrogen-bond donors (Lipinski definition) is 2. The zero-order valence-electron chi connectivity index (χ0n) is 23.6. The highest BCUT2D eigenvalue weighted by atomic mass is 32.1. The number of rotatable bonds is 7. The Morgan fingerprint density at radius 2 is 1.92 bits per heavy atom. The zero-order chi connectivity index (χ0) is 27.6. The number of aromatic nitrogens is 1. The molecule has 0 amide bonds. The molecular formula is C31H41N5O2S. The number of anilines is 1. The normalized spacial score (nSPS) is 18.5. The van der Waals surface area contributed by atoms with E-state index in [1.165, 1.54) is 26.4 Å². The number of nitrogens with zero attached hydrogens (tertiary/aromatic N) is 4. The molecule has 7 nitrogen and oxygen atoms in total. The zero-order valence-corrected chi connectivity index (χ0v) is 24.4. The number of allylic oxidation sites excluding steroid dienone is 1. The molecule has 2 saturated heterocycles. The van der Waals surface area contributed by atoms with E-state index in [0.29, 0.717) is 17.4 Å².